The molecule has 0 fully saturated rings. The smallest absolute Gasteiger partial charge is 0.0256 e. The van der Waals surface area contributed by atoms with E-state index in [1.807, 2.05) is 0 Å². The summed E-state index contributed by atoms with van der Waals surface area (Å²) < 4.78 is 2.37. The van der Waals surface area contributed by atoms with Crippen molar-refractivity contribution in [3.8, 4) is 22.3 Å². The first-order valence-electron chi connectivity index (χ1n) is 9.43. The average molecular weight is 490 g/mol. The monoisotopic (exact) mass is 488 g/mol. The third kappa shape index (κ3) is 3.15. The normalized spacial score (nSPS) is 12.4. The maximum absolute atomic E-state index is 3.62. The van der Waals surface area contributed by atoms with Gasteiger partial charge in [0.1, 0.15) is 0 Å². The summed E-state index contributed by atoms with van der Waals surface area (Å²) in [5.74, 6) is 0. The Bertz CT molecular complexity index is 1190. The van der Waals surface area contributed by atoms with Crippen LogP contribution in [0.5, 0.6) is 0 Å². The molecule has 0 bridgehead atoms. The SMILES string of the molecule is Brc1ccc2c(c1)-c1ccccc1C2.Brc1cccc2c1-c1ccccc1C2. The molecule has 0 amide bonds. The Balaban J connectivity index is 0.000000122. The minimum Gasteiger partial charge on any atom is -0.0619 e. The molecule has 2 aliphatic carbocycles. The van der Waals surface area contributed by atoms with E-state index in [2.05, 4.69) is 117 Å². The molecule has 0 saturated heterocycles. The fourth-order valence-corrected chi connectivity index (χ4v) is 5.22. The Morgan fingerprint density at radius 3 is 1.93 bits per heavy atom. The maximum atomic E-state index is 3.62. The summed E-state index contributed by atoms with van der Waals surface area (Å²) in [5, 5.41) is 0. The Morgan fingerprint density at radius 1 is 0.500 bits per heavy atom. The first-order chi connectivity index (χ1) is 13.7. The van der Waals surface area contributed by atoms with Crippen LogP contribution in [0, 0.1) is 0 Å². The second-order valence-electron chi connectivity index (χ2n) is 7.24. The van der Waals surface area contributed by atoms with Gasteiger partial charge in [0.25, 0.3) is 0 Å². The number of fused-ring (bicyclic) bond motifs is 6. The lowest BCUT2D eigenvalue weighted by Gasteiger charge is -2.02. The van der Waals surface area contributed by atoms with Gasteiger partial charge in [0.05, 0.1) is 0 Å². The Labute approximate surface area is 182 Å². The van der Waals surface area contributed by atoms with E-state index in [0.29, 0.717) is 0 Å². The quantitative estimate of drug-likeness (QED) is 0.202. The molecule has 2 heteroatoms. The third-order valence-electron chi connectivity index (χ3n) is 5.53. The highest BCUT2D eigenvalue weighted by Crippen LogP contribution is 2.41. The lowest BCUT2D eigenvalue weighted by molar-refractivity contribution is 1.26. The van der Waals surface area contributed by atoms with Crippen molar-refractivity contribution in [1.29, 1.82) is 0 Å². The summed E-state index contributed by atoms with van der Waals surface area (Å²) in [6.45, 7) is 0. The molecule has 0 aromatic heterocycles. The van der Waals surface area contributed by atoms with Gasteiger partial charge in [-0.2, -0.15) is 0 Å². The molecule has 2 aliphatic rings. The van der Waals surface area contributed by atoms with E-state index in [1.54, 1.807) is 0 Å². The van der Waals surface area contributed by atoms with Crippen LogP contribution in [-0.2, 0) is 12.8 Å². The first-order valence-corrected chi connectivity index (χ1v) is 11.0. The molecule has 0 unspecified atom stereocenters. The highest BCUT2D eigenvalue weighted by Gasteiger charge is 2.19. The fraction of sp³-hybridized carbons (Fsp3) is 0.0769. The van der Waals surface area contributed by atoms with Crippen LogP contribution in [0.3, 0.4) is 0 Å². The summed E-state index contributed by atoms with van der Waals surface area (Å²) in [5.41, 5.74) is 11.3. The summed E-state index contributed by atoms with van der Waals surface area (Å²) in [6, 6.07) is 30.2. The first kappa shape index (κ1) is 17.9. The van der Waals surface area contributed by atoms with Gasteiger partial charge in [-0.25, -0.2) is 0 Å². The van der Waals surface area contributed by atoms with E-state index >= 15 is 0 Å². The summed E-state index contributed by atoms with van der Waals surface area (Å²) in [4.78, 5) is 0. The van der Waals surface area contributed by atoms with Crippen molar-refractivity contribution >= 4 is 31.9 Å². The van der Waals surface area contributed by atoms with E-state index in [1.165, 1.54) is 49.0 Å². The summed E-state index contributed by atoms with van der Waals surface area (Å²) >= 11 is 7.13. The van der Waals surface area contributed by atoms with Crippen molar-refractivity contribution in [2.24, 2.45) is 0 Å². The zero-order valence-electron chi connectivity index (χ0n) is 15.3. The van der Waals surface area contributed by atoms with Crippen LogP contribution >= 0.6 is 31.9 Å². The molecule has 4 aromatic carbocycles. The molecule has 0 heterocycles. The molecule has 0 radical (unpaired) electrons. The fourth-order valence-electron chi connectivity index (χ4n) is 4.24. The standard InChI is InChI=1S/2C13H9Br/c14-12-7-3-5-10-8-9-4-1-2-6-11(9)13(10)12;14-11-6-5-10-7-9-3-1-2-4-12(9)13(10)8-11/h1-7H,8H2;1-6,8H,7H2. The van der Waals surface area contributed by atoms with Crippen LogP contribution in [0.15, 0.2) is 93.9 Å². The van der Waals surface area contributed by atoms with Gasteiger partial charge < -0.3 is 0 Å². The highest BCUT2D eigenvalue weighted by atomic mass is 79.9. The van der Waals surface area contributed by atoms with Gasteiger partial charge in [-0.3, -0.25) is 0 Å². The van der Waals surface area contributed by atoms with E-state index in [0.717, 1.165) is 17.3 Å². The molecule has 136 valence electrons. The highest BCUT2D eigenvalue weighted by molar-refractivity contribution is 9.10. The Morgan fingerprint density at radius 2 is 1.11 bits per heavy atom. The number of halogens is 2. The molecular formula is C26H18Br2. The van der Waals surface area contributed by atoms with Crippen molar-refractivity contribution in [3.05, 3.63) is 116 Å². The average Bonchev–Trinajstić information content (AvgIpc) is 3.27. The van der Waals surface area contributed by atoms with Crippen molar-refractivity contribution in [2.75, 3.05) is 0 Å². The second-order valence-corrected chi connectivity index (χ2v) is 9.01. The predicted molar refractivity (Wildman–Crippen MR) is 125 cm³/mol. The van der Waals surface area contributed by atoms with Gasteiger partial charge in [0.15, 0.2) is 0 Å². The minimum atomic E-state index is 1.07. The Kier molecular flexibility index (Phi) is 4.70. The molecule has 6 rings (SSSR count). The van der Waals surface area contributed by atoms with Crippen LogP contribution in [-0.4, -0.2) is 0 Å². The van der Waals surface area contributed by atoms with Crippen molar-refractivity contribution in [2.45, 2.75) is 12.8 Å². The van der Waals surface area contributed by atoms with Crippen molar-refractivity contribution in [3.63, 3.8) is 0 Å². The second kappa shape index (κ2) is 7.35. The molecule has 0 N–H and O–H groups in total. The molecule has 0 saturated carbocycles. The number of benzene rings is 4. The van der Waals surface area contributed by atoms with Gasteiger partial charge in [-0.15, -0.1) is 0 Å². The minimum absolute atomic E-state index is 1.07. The molecule has 28 heavy (non-hydrogen) atoms. The number of hydrogen-bond acceptors (Lipinski definition) is 0. The predicted octanol–water partition coefficient (Wildman–Crippen LogP) is 8.04. The van der Waals surface area contributed by atoms with Crippen LogP contribution in [0.1, 0.15) is 22.3 Å². The number of rotatable bonds is 0. The molecule has 0 nitrogen and oxygen atoms in total. The van der Waals surface area contributed by atoms with Gasteiger partial charge in [-0.05, 0) is 75.5 Å². The zero-order chi connectivity index (χ0) is 19.1. The van der Waals surface area contributed by atoms with Crippen LogP contribution in [0.2, 0.25) is 0 Å². The van der Waals surface area contributed by atoms with Crippen LogP contribution in [0.25, 0.3) is 22.3 Å². The van der Waals surface area contributed by atoms with E-state index in [9.17, 15) is 0 Å². The van der Waals surface area contributed by atoms with Gasteiger partial charge >= 0.3 is 0 Å². The largest absolute Gasteiger partial charge is 0.0619 e. The third-order valence-corrected chi connectivity index (χ3v) is 6.68. The molecular weight excluding hydrogens is 472 g/mol. The van der Waals surface area contributed by atoms with Gasteiger partial charge in [0.2, 0.25) is 0 Å². The lowest BCUT2D eigenvalue weighted by Crippen LogP contribution is -1.79. The number of hydrogen-bond donors (Lipinski definition) is 0. The lowest BCUT2D eigenvalue weighted by atomic mass is 10.1. The summed E-state index contributed by atoms with van der Waals surface area (Å²) in [7, 11) is 0. The topological polar surface area (TPSA) is 0 Å². The zero-order valence-corrected chi connectivity index (χ0v) is 18.4. The van der Waals surface area contributed by atoms with Gasteiger partial charge in [0, 0.05) is 8.95 Å². The van der Waals surface area contributed by atoms with E-state index in [-0.39, 0.29) is 0 Å². The van der Waals surface area contributed by atoms with Gasteiger partial charge in [-0.1, -0.05) is 98.6 Å². The molecule has 0 spiro atoms. The van der Waals surface area contributed by atoms with Crippen LogP contribution in [0.4, 0.5) is 0 Å². The van der Waals surface area contributed by atoms with Crippen molar-refractivity contribution < 1.29 is 0 Å². The molecule has 4 aromatic rings. The maximum Gasteiger partial charge on any atom is 0.0256 e. The molecule has 0 atom stereocenters. The van der Waals surface area contributed by atoms with E-state index < -0.39 is 0 Å². The summed E-state index contributed by atoms with van der Waals surface area (Å²) in [6.07, 6.45) is 2.16. The van der Waals surface area contributed by atoms with Crippen LogP contribution < -0.4 is 0 Å². The Hall–Kier alpha value is -2.16. The van der Waals surface area contributed by atoms with Crippen molar-refractivity contribution in [1.82, 2.24) is 0 Å². The van der Waals surface area contributed by atoms with E-state index in [4.69, 9.17) is 0 Å². The molecule has 0 aliphatic heterocycles.